The summed E-state index contributed by atoms with van der Waals surface area (Å²) in [6.07, 6.45) is 0. The van der Waals surface area contributed by atoms with Crippen molar-refractivity contribution in [3.05, 3.63) is 66.2 Å². The van der Waals surface area contributed by atoms with Gasteiger partial charge in [0.05, 0.1) is 0 Å². The first-order valence-corrected chi connectivity index (χ1v) is 7.89. The van der Waals surface area contributed by atoms with Crippen LogP contribution in [0, 0.1) is 5.92 Å². The maximum absolute atomic E-state index is 12.3. The van der Waals surface area contributed by atoms with Crippen molar-refractivity contribution < 1.29 is 14.3 Å². The lowest BCUT2D eigenvalue weighted by molar-refractivity contribution is -0.148. The quantitative estimate of drug-likeness (QED) is 0.797. The summed E-state index contributed by atoms with van der Waals surface area (Å²) < 4.78 is 5.32. The monoisotopic (exact) mass is 326 g/mol. The number of esters is 1. The predicted octanol–water partition coefficient (Wildman–Crippen LogP) is 3.58. The van der Waals surface area contributed by atoms with E-state index in [2.05, 4.69) is 10.6 Å². The second-order valence-electron chi connectivity index (χ2n) is 5.78. The Hall–Kier alpha value is -2.82. The van der Waals surface area contributed by atoms with Crippen LogP contribution in [0.25, 0.3) is 0 Å². The molecule has 0 aliphatic carbocycles. The smallest absolute Gasteiger partial charge is 0.329 e. The molecule has 0 bridgehead atoms. The van der Waals surface area contributed by atoms with E-state index in [4.69, 9.17) is 4.74 Å². The molecule has 0 fully saturated rings. The van der Waals surface area contributed by atoms with Gasteiger partial charge in [-0.25, -0.2) is 9.59 Å². The molecule has 1 atom stereocenters. The Kier molecular flexibility index (Phi) is 6.37. The third-order valence-corrected chi connectivity index (χ3v) is 3.46. The van der Waals surface area contributed by atoms with E-state index in [9.17, 15) is 9.59 Å². The van der Waals surface area contributed by atoms with Crippen LogP contribution in [0.3, 0.4) is 0 Å². The van der Waals surface area contributed by atoms with Gasteiger partial charge in [0, 0.05) is 5.69 Å². The van der Waals surface area contributed by atoms with Crippen molar-refractivity contribution in [2.45, 2.75) is 26.5 Å². The van der Waals surface area contributed by atoms with Crippen molar-refractivity contribution in [1.82, 2.24) is 5.32 Å². The zero-order chi connectivity index (χ0) is 17.4. The fraction of sp³-hybridized carbons (Fsp3) is 0.263. The summed E-state index contributed by atoms with van der Waals surface area (Å²) in [5.41, 5.74) is 1.57. The average molecular weight is 326 g/mol. The van der Waals surface area contributed by atoms with E-state index < -0.39 is 18.0 Å². The van der Waals surface area contributed by atoms with Gasteiger partial charge in [-0.1, -0.05) is 62.4 Å². The molecular weight excluding hydrogens is 304 g/mol. The van der Waals surface area contributed by atoms with Gasteiger partial charge in [0.25, 0.3) is 0 Å². The minimum Gasteiger partial charge on any atom is -0.459 e. The molecule has 0 heterocycles. The third-order valence-electron chi connectivity index (χ3n) is 3.46. The normalized spacial score (nSPS) is 11.6. The van der Waals surface area contributed by atoms with E-state index in [-0.39, 0.29) is 12.5 Å². The molecule has 24 heavy (non-hydrogen) atoms. The summed E-state index contributed by atoms with van der Waals surface area (Å²) in [5, 5.41) is 5.37. The lowest BCUT2D eigenvalue weighted by Gasteiger charge is -2.21. The van der Waals surface area contributed by atoms with Crippen LogP contribution in [-0.2, 0) is 16.1 Å². The summed E-state index contributed by atoms with van der Waals surface area (Å²) in [6, 6.07) is 17.3. The molecule has 2 aromatic rings. The second-order valence-corrected chi connectivity index (χ2v) is 5.78. The molecule has 0 aliphatic rings. The van der Waals surface area contributed by atoms with E-state index in [1.165, 1.54) is 0 Å². The number of benzene rings is 2. The molecule has 0 aromatic heterocycles. The summed E-state index contributed by atoms with van der Waals surface area (Å²) in [6.45, 7) is 3.90. The van der Waals surface area contributed by atoms with Gasteiger partial charge >= 0.3 is 12.0 Å². The zero-order valence-electron chi connectivity index (χ0n) is 13.9. The minimum atomic E-state index is -0.711. The average Bonchev–Trinajstić information content (AvgIpc) is 2.59. The molecule has 0 saturated heterocycles. The lowest BCUT2D eigenvalue weighted by atomic mass is 10.1. The Morgan fingerprint density at radius 3 is 2.12 bits per heavy atom. The molecule has 2 aromatic carbocycles. The van der Waals surface area contributed by atoms with Crippen LogP contribution in [0.2, 0.25) is 0 Å². The van der Waals surface area contributed by atoms with Crippen molar-refractivity contribution in [2.24, 2.45) is 5.92 Å². The first-order valence-electron chi connectivity index (χ1n) is 7.89. The van der Waals surface area contributed by atoms with Crippen LogP contribution in [0.4, 0.5) is 10.5 Å². The molecule has 0 aliphatic heterocycles. The Bertz CT molecular complexity index is 657. The first-order chi connectivity index (χ1) is 11.6. The van der Waals surface area contributed by atoms with Crippen LogP contribution >= 0.6 is 0 Å². The van der Waals surface area contributed by atoms with Crippen LogP contribution in [-0.4, -0.2) is 18.0 Å². The third kappa shape index (κ3) is 5.43. The van der Waals surface area contributed by atoms with Crippen LogP contribution < -0.4 is 10.6 Å². The van der Waals surface area contributed by atoms with E-state index in [1.54, 1.807) is 12.1 Å². The molecular formula is C19H22N2O3. The molecule has 2 N–H and O–H groups in total. The number of para-hydroxylation sites is 1. The SMILES string of the molecule is CC(C)[C@H](NC(=O)Nc1ccccc1)C(=O)OCc1ccccc1. The van der Waals surface area contributed by atoms with Crippen LogP contribution in [0.15, 0.2) is 60.7 Å². The molecule has 126 valence electrons. The molecule has 5 heteroatoms. The molecule has 2 rings (SSSR count). The topological polar surface area (TPSA) is 67.4 Å². The maximum atomic E-state index is 12.3. The summed E-state index contributed by atoms with van der Waals surface area (Å²) in [7, 11) is 0. The molecule has 0 spiro atoms. The fourth-order valence-corrected chi connectivity index (χ4v) is 2.15. The number of carbonyl (C=O) groups excluding carboxylic acids is 2. The first kappa shape index (κ1) is 17.5. The Morgan fingerprint density at radius 1 is 0.958 bits per heavy atom. The van der Waals surface area contributed by atoms with Crippen molar-refractivity contribution in [1.29, 1.82) is 0 Å². The number of ether oxygens (including phenoxy) is 1. The minimum absolute atomic E-state index is 0.0882. The van der Waals surface area contributed by atoms with Crippen LogP contribution in [0.5, 0.6) is 0 Å². The highest BCUT2D eigenvalue weighted by molar-refractivity contribution is 5.92. The number of anilines is 1. The number of hydrogen-bond donors (Lipinski definition) is 2. The number of hydrogen-bond acceptors (Lipinski definition) is 3. The van der Waals surface area contributed by atoms with Gasteiger partial charge in [-0.2, -0.15) is 0 Å². The van der Waals surface area contributed by atoms with Crippen LogP contribution in [0.1, 0.15) is 19.4 Å². The fourth-order valence-electron chi connectivity index (χ4n) is 2.15. The number of nitrogens with one attached hydrogen (secondary N) is 2. The van der Waals surface area contributed by atoms with E-state index in [1.807, 2.05) is 62.4 Å². The van der Waals surface area contributed by atoms with Gasteiger partial charge in [-0.15, -0.1) is 0 Å². The highest BCUT2D eigenvalue weighted by Crippen LogP contribution is 2.09. The van der Waals surface area contributed by atoms with E-state index >= 15 is 0 Å². The second kappa shape index (κ2) is 8.72. The Morgan fingerprint density at radius 2 is 1.54 bits per heavy atom. The highest BCUT2D eigenvalue weighted by atomic mass is 16.5. The lowest BCUT2D eigenvalue weighted by Crippen LogP contribution is -2.47. The summed E-state index contributed by atoms with van der Waals surface area (Å²) in [4.78, 5) is 24.4. The van der Waals surface area contributed by atoms with Crippen molar-refractivity contribution in [3.63, 3.8) is 0 Å². The van der Waals surface area contributed by atoms with E-state index in [0.29, 0.717) is 5.69 Å². The molecule has 0 unspecified atom stereocenters. The standard InChI is InChI=1S/C19H22N2O3/c1-14(2)17(18(22)24-13-15-9-5-3-6-10-15)21-19(23)20-16-11-7-4-8-12-16/h3-12,14,17H,13H2,1-2H3,(H2,20,21,23)/t17-/m0/s1. The molecule has 2 amide bonds. The number of urea groups is 1. The van der Waals surface area contributed by atoms with Gasteiger partial charge in [-0.05, 0) is 23.6 Å². The van der Waals surface area contributed by atoms with Gasteiger partial charge in [0.2, 0.25) is 0 Å². The predicted molar refractivity (Wildman–Crippen MR) is 93.5 cm³/mol. The van der Waals surface area contributed by atoms with Crippen molar-refractivity contribution in [2.75, 3.05) is 5.32 Å². The molecule has 0 saturated carbocycles. The number of rotatable bonds is 6. The highest BCUT2D eigenvalue weighted by Gasteiger charge is 2.25. The van der Waals surface area contributed by atoms with Gasteiger partial charge in [-0.3, -0.25) is 0 Å². The Labute approximate surface area is 142 Å². The van der Waals surface area contributed by atoms with Gasteiger partial charge in [0.1, 0.15) is 12.6 Å². The maximum Gasteiger partial charge on any atom is 0.329 e. The summed E-state index contributed by atoms with van der Waals surface area (Å²) >= 11 is 0. The molecule has 0 radical (unpaired) electrons. The van der Waals surface area contributed by atoms with Crippen molar-refractivity contribution >= 4 is 17.7 Å². The summed E-state index contributed by atoms with van der Waals surface area (Å²) in [5.74, 6) is -0.535. The van der Waals surface area contributed by atoms with Gasteiger partial charge in [0.15, 0.2) is 0 Å². The van der Waals surface area contributed by atoms with E-state index in [0.717, 1.165) is 5.56 Å². The number of carbonyl (C=O) groups is 2. The Balaban J connectivity index is 1.90. The molecule has 5 nitrogen and oxygen atoms in total. The van der Waals surface area contributed by atoms with Gasteiger partial charge < -0.3 is 15.4 Å². The largest absolute Gasteiger partial charge is 0.459 e. The number of amides is 2. The van der Waals surface area contributed by atoms with Crippen molar-refractivity contribution in [3.8, 4) is 0 Å². The zero-order valence-corrected chi connectivity index (χ0v) is 13.9.